The molecule has 0 saturated carbocycles. The number of furan rings is 1. The molecule has 0 atom stereocenters. The maximum absolute atomic E-state index is 6.12. The molecule has 1 N–H and O–H groups in total. The molecule has 0 spiro atoms. The highest BCUT2D eigenvalue weighted by molar-refractivity contribution is 9.10. The third-order valence-corrected chi connectivity index (χ3v) is 3.65. The molecule has 0 bridgehead atoms. The minimum atomic E-state index is 0.532. The van der Waals surface area contributed by atoms with Crippen LogP contribution in [0, 0.1) is 0 Å². The van der Waals surface area contributed by atoms with Gasteiger partial charge in [0.25, 0.3) is 0 Å². The summed E-state index contributed by atoms with van der Waals surface area (Å²) in [5, 5.41) is 4.14. The van der Waals surface area contributed by atoms with E-state index in [0.29, 0.717) is 13.2 Å². The van der Waals surface area contributed by atoms with Crippen molar-refractivity contribution in [1.29, 1.82) is 0 Å². The molecule has 0 unspecified atom stereocenters. The zero-order chi connectivity index (χ0) is 14.2. The molecule has 1 heterocycles. The van der Waals surface area contributed by atoms with Crippen LogP contribution in [-0.4, -0.2) is 13.2 Å². The maximum Gasteiger partial charge on any atom is 0.129 e. The van der Waals surface area contributed by atoms with Crippen LogP contribution in [0.4, 0.5) is 0 Å². The van der Waals surface area contributed by atoms with Crippen LogP contribution >= 0.6 is 27.5 Å². The maximum atomic E-state index is 6.12. The van der Waals surface area contributed by atoms with Crippen LogP contribution in [0.3, 0.4) is 0 Å². The molecule has 0 saturated heterocycles. The fourth-order valence-electron chi connectivity index (χ4n) is 1.77. The molecule has 3 nitrogen and oxygen atoms in total. The van der Waals surface area contributed by atoms with Gasteiger partial charge in [0.1, 0.15) is 12.4 Å². The standard InChI is InChI=1S/C15H17BrClNO2/c16-13-4-5-15(17)12(9-13)10-18-6-2-7-19-11-14-3-1-8-20-14/h1,3-5,8-9,18H,2,6-7,10-11H2. The van der Waals surface area contributed by atoms with Gasteiger partial charge in [0.2, 0.25) is 0 Å². The van der Waals surface area contributed by atoms with Gasteiger partial charge in [-0.1, -0.05) is 27.5 Å². The molecule has 1 aromatic carbocycles. The van der Waals surface area contributed by atoms with Gasteiger partial charge in [-0.3, -0.25) is 0 Å². The zero-order valence-electron chi connectivity index (χ0n) is 11.1. The summed E-state index contributed by atoms with van der Waals surface area (Å²) < 4.78 is 11.7. The minimum absolute atomic E-state index is 0.532. The first-order valence-electron chi connectivity index (χ1n) is 6.50. The SMILES string of the molecule is Clc1ccc(Br)cc1CNCCCOCc1ccco1. The molecule has 2 aromatic rings. The number of benzene rings is 1. The molecular weight excluding hydrogens is 342 g/mol. The molecule has 1 aromatic heterocycles. The van der Waals surface area contributed by atoms with Gasteiger partial charge in [0.05, 0.1) is 6.26 Å². The summed E-state index contributed by atoms with van der Waals surface area (Å²) in [5.74, 6) is 0.860. The van der Waals surface area contributed by atoms with E-state index >= 15 is 0 Å². The Hall–Kier alpha value is -0.810. The molecule has 0 fully saturated rings. The van der Waals surface area contributed by atoms with Crippen LogP contribution in [-0.2, 0) is 17.9 Å². The number of hydrogen-bond acceptors (Lipinski definition) is 3. The molecule has 0 radical (unpaired) electrons. The molecule has 108 valence electrons. The number of ether oxygens (including phenoxy) is 1. The summed E-state index contributed by atoms with van der Waals surface area (Å²) in [6, 6.07) is 9.64. The zero-order valence-corrected chi connectivity index (χ0v) is 13.4. The highest BCUT2D eigenvalue weighted by atomic mass is 79.9. The lowest BCUT2D eigenvalue weighted by Gasteiger charge is -2.07. The van der Waals surface area contributed by atoms with Gasteiger partial charge in [0.15, 0.2) is 0 Å². The molecule has 0 aliphatic rings. The molecule has 0 aliphatic carbocycles. The van der Waals surface area contributed by atoms with Gasteiger partial charge in [-0.25, -0.2) is 0 Å². The van der Waals surface area contributed by atoms with Gasteiger partial charge in [-0.2, -0.15) is 0 Å². The van der Waals surface area contributed by atoms with Crippen molar-refractivity contribution in [3.63, 3.8) is 0 Å². The lowest BCUT2D eigenvalue weighted by atomic mass is 10.2. The number of rotatable bonds is 8. The Balaban J connectivity index is 1.56. The van der Waals surface area contributed by atoms with E-state index in [1.807, 2.05) is 30.3 Å². The first-order chi connectivity index (χ1) is 9.75. The van der Waals surface area contributed by atoms with Crippen molar-refractivity contribution >= 4 is 27.5 Å². The topological polar surface area (TPSA) is 34.4 Å². The quantitative estimate of drug-likeness (QED) is 0.711. The normalized spacial score (nSPS) is 10.9. The molecular formula is C15H17BrClNO2. The van der Waals surface area contributed by atoms with Gasteiger partial charge < -0.3 is 14.5 Å². The van der Waals surface area contributed by atoms with Crippen molar-refractivity contribution in [2.24, 2.45) is 0 Å². The van der Waals surface area contributed by atoms with Gasteiger partial charge >= 0.3 is 0 Å². The van der Waals surface area contributed by atoms with Crippen LogP contribution < -0.4 is 5.32 Å². The van der Waals surface area contributed by atoms with E-state index < -0.39 is 0 Å². The summed E-state index contributed by atoms with van der Waals surface area (Å²) in [4.78, 5) is 0. The average Bonchev–Trinajstić information content (AvgIpc) is 2.94. The Kier molecular flexibility index (Phi) is 6.60. The summed E-state index contributed by atoms with van der Waals surface area (Å²) in [7, 11) is 0. The number of hydrogen-bond donors (Lipinski definition) is 1. The fraction of sp³-hybridized carbons (Fsp3) is 0.333. The van der Waals surface area contributed by atoms with Crippen molar-refractivity contribution in [2.75, 3.05) is 13.2 Å². The Morgan fingerprint density at radius 1 is 1.30 bits per heavy atom. The first-order valence-corrected chi connectivity index (χ1v) is 7.67. The summed E-state index contributed by atoms with van der Waals surface area (Å²) in [5.41, 5.74) is 1.09. The highest BCUT2D eigenvalue weighted by Crippen LogP contribution is 2.20. The Morgan fingerprint density at radius 3 is 3.00 bits per heavy atom. The Morgan fingerprint density at radius 2 is 2.20 bits per heavy atom. The molecule has 0 aliphatic heterocycles. The second-order valence-electron chi connectivity index (χ2n) is 4.40. The summed E-state index contributed by atoms with van der Waals surface area (Å²) in [6.45, 7) is 2.89. The monoisotopic (exact) mass is 357 g/mol. The lowest BCUT2D eigenvalue weighted by molar-refractivity contribution is 0.104. The van der Waals surface area contributed by atoms with Crippen molar-refractivity contribution in [1.82, 2.24) is 5.32 Å². The fourth-order valence-corrected chi connectivity index (χ4v) is 2.36. The van der Waals surface area contributed by atoms with Crippen molar-refractivity contribution < 1.29 is 9.15 Å². The van der Waals surface area contributed by atoms with E-state index in [1.54, 1.807) is 6.26 Å². The van der Waals surface area contributed by atoms with E-state index in [9.17, 15) is 0 Å². The molecule has 2 rings (SSSR count). The van der Waals surface area contributed by atoms with Crippen LogP contribution in [0.25, 0.3) is 0 Å². The largest absolute Gasteiger partial charge is 0.467 e. The average molecular weight is 359 g/mol. The highest BCUT2D eigenvalue weighted by Gasteiger charge is 2.00. The van der Waals surface area contributed by atoms with Crippen LogP contribution in [0.15, 0.2) is 45.5 Å². The predicted octanol–water partition coefficient (Wildman–Crippen LogP) is 4.39. The third-order valence-electron chi connectivity index (χ3n) is 2.79. The van der Waals surface area contributed by atoms with Crippen LogP contribution in [0.1, 0.15) is 17.7 Å². The van der Waals surface area contributed by atoms with E-state index in [2.05, 4.69) is 21.2 Å². The van der Waals surface area contributed by atoms with Crippen LogP contribution in [0.5, 0.6) is 0 Å². The first kappa shape index (κ1) is 15.6. The molecule has 0 amide bonds. The minimum Gasteiger partial charge on any atom is -0.467 e. The Labute approximate surface area is 132 Å². The Bertz CT molecular complexity index is 517. The summed E-state index contributed by atoms with van der Waals surface area (Å²) in [6.07, 6.45) is 2.61. The van der Waals surface area contributed by atoms with E-state index in [4.69, 9.17) is 20.8 Å². The molecule has 5 heteroatoms. The van der Waals surface area contributed by atoms with Crippen molar-refractivity contribution in [2.45, 2.75) is 19.6 Å². The van der Waals surface area contributed by atoms with E-state index in [0.717, 1.165) is 40.3 Å². The van der Waals surface area contributed by atoms with E-state index in [-0.39, 0.29) is 0 Å². The van der Waals surface area contributed by atoms with E-state index in [1.165, 1.54) is 0 Å². The van der Waals surface area contributed by atoms with Gasteiger partial charge in [-0.15, -0.1) is 0 Å². The van der Waals surface area contributed by atoms with Crippen molar-refractivity contribution in [3.8, 4) is 0 Å². The van der Waals surface area contributed by atoms with Crippen molar-refractivity contribution in [3.05, 3.63) is 57.4 Å². The van der Waals surface area contributed by atoms with Gasteiger partial charge in [-0.05, 0) is 48.9 Å². The predicted molar refractivity (Wildman–Crippen MR) is 83.8 cm³/mol. The van der Waals surface area contributed by atoms with Crippen LogP contribution in [0.2, 0.25) is 5.02 Å². The second kappa shape index (κ2) is 8.47. The number of nitrogens with one attached hydrogen (secondary N) is 1. The number of halogens is 2. The van der Waals surface area contributed by atoms with Gasteiger partial charge in [0, 0.05) is 22.6 Å². The second-order valence-corrected chi connectivity index (χ2v) is 5.72. The molecule has 20 heavy (non-hydrogen) atoms. The smallest absolute Gasteiger partial charge is 0.129 e. The lowest BCUT2D eigenvalue weighted by Crippen LogP contribution is -2.16. The summed E-state index contributed by atoms with van der Waals surface area (Å²) >= 11 is 9.56. The third kappa shape index (κ3) is 5.29.